The first-order valence-corrected chi connectivity index (χ1v) is 11.1. The highest BCUT2D eigenvalue weighted by molar-refractivity contribution is 7.89. The summed E-state index contributed by atoms with van der Waals surface area (Å²) in [5.41, 5.74) is 1.34. The van der Waals surface area contributed by atoms with E-state index in [0.717, 1.165) is 5.56 Å². The number of aromatic nitrogens is 4. The van der Waals surface area contributed by atoms with E-state index in [1.165, 1.54) is 19.2 Å². The van der Waals surface area contributed by atoms with Gasteiger partial charge < -0.3 is 14.2 Å². The van der Waals surface area contributed by atoms with Crippen LogP contribution >= 0.6 is 0 Å². The quantitative estimate of drug-likeness (QED) is 0.382. The number of nitrogens with one attached hydrogen (secondary N) is 1. The SMILES string of the molecule is COc1ccc(S(=O)(=O)NCCOc2ccc3nnc(-c4cccc(OC)c4)n3n2)cc1. The summed E-state index contributed by atoms with van der Waals surface area (Å²) >= 11 is 0. The number of hydrogen-bond donors (Lipinski definition) is 1. The fourth-order valence-corrected chi connectivity index (χ4v) is 3.97. The van der Waals surface area contributed by atoms with E-state index in [-0.39, 0.29) is 18.0 Å². The highest BCUT2D eigenvalue weighted by Crippen LogP contribution is 2.23. The smallest absolute Gasteiger partial charge is 0.240 e. The van der Waals surface area contributed by atoms with Gasteiger partial charge in [-0.3, -0.25) is 0 Å². The van der Waals surface area contributed by atoms with Gasteiger partial charge in [0.1, 0.15) is 18.1 Å². The highest BCUT2D eigenvalue weighted by Gasteiger charge is 2.14. The van der Waals surface area contributed by atoms with Crippen LogP contribution in [0.4, 0.5) is 0 Å². The summed E-state index contributed by atoms with van der Waals surface area (Å²) < 4.78 is 44.8. The maximum atomic E-state index is 12.4. The number of benzene rings is 2. The largest absolute Gasteiger partial charge is 0.497 e. The summed E-state index contributed by atoms with van der Waals surface area (Å²) in [4.78, 5) is 0.144. The second-order valence-corrected chi connectivity index (χ2v) is 8.39. The summed E-state index contributed by atoms with van der Waals surface area (Å²) in [7, 11) is -0.549. The van der Waals surface area contributed by atoms with Crippen LogP contribution < -0.4 is 18.9 Å². The normalized spacial score (nSPS) is 11.4. The predicted octanol–water partition coefficient (Wildman–Crippen LogP) is 2.17. The van der Waals surface area contributed by atoms with Crippen molar-refractivity contribution in [3.05, 3.63) is 60.7 Å². The monoisotopic (exact) mass is 455 g/mol. The number of methoxy groups -OCH3 is 2. The molecule has 166 valence electrons. The van der Waals surface area contributed by atoms with Crippen molar-refractivity contribution in [3.63, 3.8) is 0 Å². The minimum atomic E-state index is -3.66. The number of nitrogens with zero attached hydrogens (tertiary/aromatic N) is 4. The third-order valence-corrected chi connectivity index (χ3v) is 6.06. The fourth-order valence-electron chi connectivity index (χ4n) is 2.96. The molecule has 0 saturated carbocycles. The lowest BCUT2D eigenvalue weighted by Crippen LogP contribution is -2.28. The molecule has 0 bridgehead atoms. The van der Waals surface area contributed by atoms with E-state index in [2.05, 4.69) is 20.0 Å². The van der Waals surface area contributed by atoms with Crippen LogP contribution in [0.5, 0.6) is 17.4 Å². The standard InChI is InChI=1S/C21H21N5O5S/c1-29-16-6-8-18(9-7-16)32(27,28)22-12-13-31-20-11-10-19-23-24-21(26(19)25-20)15-4-3-5-17(14-15)30-2/h3-11,14,22H,12-13H2,1-2H3. The van der Waals surface area contributed by atoms with Gasteiger partial charge in [0.2, 0.25) is 15.9 Å². The molecule has 0 aliphatic rings. The Kier molecular flexibility index (Phi) is 6.19. The molecule has 0 radical (unpaired) electrons. The lowest BCUT2D eigenvalue weighted by atomic mass is 10.2. The molecule has 2 aromatic heterocycles. The summed E-state index contributed by atoms with van der Waals surface area (Å²) in [6.07, 6.45) is 0. The highest BCUT2D eigenvalue weighted by atomic mass is 32.2. The zero-order chi connectivity index (χ0) is 22.6. The molecular formula is C21H21N5O5S. The first kappa shape index (κ1) is 21.5. The summed E-state index contributed by atoms with van der Waals surface area (Å²) in [5.74, 6) is 2.11. The van der Waals surface area contributed by atoms with Crippen LogP contribution in [0.1, 0.15) is 0 Å². The van der Waals surface area contributed by atoms with Gasteiger partial charge in [-0.1, -0.05) is 12.1 Å². The number of ether oxygens (including phenoxy) is 3. The Morgan fingerprint density at radius 1 is 0.938 bits per heavy atom. The van der Waals surface area contributed by atoms with Crippen molar-refractivity contribution in [1.82, 2.24) is 24.5 Å². The molecule has 10 nitrogen and oxygen atoms in total. The average molecular weight is 455 g/mol. The zero-order valence-corrected chi connectivity index (χ0v) is 18.2. The maximum Gasteiger partial charge on any atom is 0.240 e. The lowest BCUT2D eigenvalue weighted by molar-refractivity contribution is 0.306. The van der Waals surface area contributed by atoms with Crippen LogP contribution in [0, 0.1) is 0 Å². The van der Waals surface area contributed by atoms with Crippen molar-refractivity contribution in [3.8, 4) is 28.8 Å². The third kappa shape index (κ3) is 4.63. The lowest BCUT2D eigenvalue weighted by Gasteiger charge is -2.09. The van der Waals surface area contributed by atoms with E-state index in [0.29, 0.717) is 28.9 Å². The molecule has 0 aliphatic carbocycles. The average Bonchev–Trinajstić information content (AvgIpc) is 3.25. The van der Waals surface area contributed by atoms with Crippen molar-refractivity contribution in [2.45, 2.75) is 4.90 Å². The van der Waals surface area contributed by atoms with Gasteiger partial charge in [-0.05, 0) is 42.5 Å². The molecule has 0 atom stereocenters. The summed E-state index contributed by atoms with van der Waals surface area (Å²) in [5, 5.41) is 12.7. The predicted molar refractivity (Wildman–Crippen MR) is 116 cm³/mol. The molecule has 4 rings (SSSR count). The Balaban J connectivity index is 1.42. The van der Waals surface area contributed by atoms with Gasteiger partial charge in [-0.2, -0.15) is 4.52 Å². The molecule has 0 spiro atoms. The first-order chi connectivity index (χ1) is 15.5. The first-order valence-electron chi connectivity index (χ1n) is 9.63. The molecule has 2 heterocycles. The van der Waals surface area contributed by atoms with Crippen LogP contribution in [0.15, 0.2) is 65.6 Å². The van der Waals surface area contributed by atoms with E-state index < -0.39 is 10.0 Å². The van der Waals surface area contributed by atoms with E-state index in [1.54, 1.807) is 35.9 Å². The minimum absolute atomic E-state index is 0.0685. The van der Waals surface area contributed by atoms with Crippen molar-refractivity contribution in [2.24, 2.45) is 0 Å². The molecule has 2 aromatic carbocycles. The Labute approximate surface area is 184 Å². The van der Waals surface area contributed by atoms with Gasteiger partial charge in [0.15, 0.2) is 11.5 Å². The molecule has 4 aromatic rings. The molecule has 32 heavy (non-hydrogen) atoms. The Hall–Kier alpha value is -3.70. The topological polar surface area (TPSA) is 117 Å². The van der Waals surface area contributed by atoms with E-state index in [9.17, 15) is 8.42 Å². The van der Waals surface area contributed by atoms with Gasteiger partial charge in [0, 0.05) is 18.2 Å². The fraction of sp³-hybridized carbons (Fsp3) is 0.190. The molecule has 0 fully saturated rings. The number of rotatable bonds is 9. The second kappa shape index (κ2) is 9.20. The van der Waals surface area contributed by atoms with Gasteiger partial charge in [-0.15, -0.1) is 15.3 Å². The molecule has 0 saturated heterocycles. The third-order valence-electron chi connectivity index (χ3n) is 4.58. The second-order valence-electron chi connectivity index (χ2n) is 6.62. The molecule has 0 aliphatic heterocycles. The number of sulfonamides is 1. The van der Waals surface area contributed by atoms with Crippen LogP contribution in [0.3, 0.4) is 0 Å². The van der Waals surface area contributed by atoms with Crippen LogP contribution in [-0.4, -0.2) is 55.6 Å². The van der Waals surface area contributed by atoms with E-state index in [1.807, 2.05) is 24.3 Å². The molecule has 0 amide bonds. The Bertz CT molecular complexity index is 1320. The Morgan fingerprint density at radius 3 is 2.47 bits per heavy atom. The van der Waals surface area contributed by atoms with Gasteiger partial charge in [0.05, 0.1) is 19.1 Å². The van der Waals surface area contributed by atoms with Gasteiger partial charge in [0.25, 0.3) is 0 Å². The Morgan fingerprint density at radius 2 is 1.72 bits per heavy atom. The van der Waals surface area contributed by atoms with Crippen molar-refractivity contribution in [2.75, 3.05) is 27.4 Å². The zero-order valence-electron chi connectivity index (χ0n) is 17.4. The van der Waals surface area contributed by atoms with Crippen LogP contribution in [0.25, 0.3) is 17.0 Å². The van der Waals surface area contributed by atoms with Crippen molar-refractivity contribution in [1.29, 1.82) is 0 Å². The van der Waals surface area contributed by atoms with Crippen molar-refractivity contribution >= 4 is 15.7 Å². The molecular weight excluding hydrogens is 434 g/mol. The summed E-state index contributed by atoms with van der Waals surface area (Å²) in [6.45, 7) is 0.156. The molecule has 0 unspecified atom stereocenters. The van der Waals surface area contributed by atoms with E-state index in [4.69, 9.17) is 14.2 Å². The summed E-state index contributed by atoms with van der Waals surface area (Å²) in [6, 6.07) is 16.9. The van der Waals surface area contributed by atoms with Crippen molar-refractivity contribution < 1.29 is 22.6 Å². The number of fused-ring (bicyclic) bond motifs is 1. The van der Waals surface area contributed by atoms with Gasteiger partial charge >= 0.3 is 0 Å². The van der Waals surface area contributed by atoms with Crippen LogP contribution in [-0.2, 0) is 10.0 Å². The molecule has 1 N–H and O–H groups in total. The maximum absolute atomic E-state index is 12.4. The molecule has 11 heteroatoms. The minimum Gasteiger partial charge on any atom is -0.497 e. The number of hydrogen-bond acceptors (Lipinski definition) is 8. The van der Waals surface area contributed by atoms with Gasteiger partial charge in [-0.25, -0.2) is 13.1 Å². The van der Waals surface area contributed by atoms with E-state index >= 15 is 0 Å². The van der Waals surface area contributed by atoms with Crippen LogP contribution in [0.2, 0.25) is 0 Å².